The van der Waals surface area contributed by atoms with E-state index in [1.54, 1.807) is 0 Å². The summed E-state index contributed by atoms with van der Waals surface area (Å²) in [6, 6.07) is 0.614. The van der Waals surface area contributed by atoms with Gasteiger partial charge in [-0.05, 0) is 25.3 Å². The van der Waals surface area contributed by atoms with Crippen LogP contribution in [0.3, 0.4) is 0 Å². The summed E-state index contributed by atoms with van der Waals surface area (Å²) in [6.07, 6.45) is 9.46. The van der Waals surface area contributed by atoms with Crippen LogP contribution in [0, 0.1) is 11.8 Å². The second-order valence-corrected chi connectivity index (χ2v) is 4.95. The molecule has 0 amide bonds. The molecule has 2 nitrogen and oxygen atoms in total. The van der Waals surface area contributed by atoms with E-state index in [-0.39, 0.29) is 0 Å². The first kappa shape index (κ1) is 10.4. The Hall–Kier alpha value is -0.0800. The number of aliphatic hydroxyl groups is 1. The maximum absolute atomic E-state index is 9.50. The van der Waals surface area contributed by atoms with Crippen molar-refractivity contribution in [1.29, 1.82) is 0 Å². The summed E-state index contributed by atoms with van der Waals surface area (Å²) in [5, 5.41) is 13.0. The van der Waals surface area contributed by atoms with Crippen molar-refractivity contribution in [3.05, 3.63) is 0 Å². The van der Waals surface area contributed by atoms with Crippen molar-refractivity contribution >= 4 is 0 Å². The van der Waals surface area contributed by atoms with E-state index in [1.807, 2.05) is 0 Å². The third-order valence-electron chi connectivity index (χ3n) is 4.08. The second kappa shape index (κ2) is 5.13. The van der Waals surface area contributed by atoms with Crippen molar-refractivity contribution in [2.24, 2.45) is 11.8 Å². The van der Waals surface area contributed by atoms with Gasteiger partial charge in [0.05, 0.1) is 0 Å². The highest BCUT2D eigenvalue weighted by Gasteiger charge is 2.31. The van der Waals surface area contributed by atoms with Crippen LogP contribution in [0.15, 0.2) is 0 Å². The van der Waals surface area contributed by atoms with Crippen LogP contribution in [-0.4, -0.2) is 24.3 Å². The zero-order valence-electron chi connectivity index (χ0n) is 9.04. The lowest BCUT2D eigenvalue weighted by Crippen LogP contribution is -2.38. The number of aliphatic hydroxyl groups excluding tert-OH is 1. The molecule has 2 heteroatoms. The number of hydrogen-bond acceptors (Lipinski definition) is 2. The quantitative estimate of drug-likeness (QED) is 0.724. The first-order valence-electron chi connectivity index (χ1n) is 6.26. The lowest BCUT2D eigenvalue weighted by atomic mass is 9.76. The smallest absolute Gasteiger partial charge is 0.0476 e. The monoisotopic (exact) mass is 197 g/mol. The lowest BCUT2D eigenvalue weighted by molar-refractivity contribution is 0.119. The Morgan fingerprint density at radius 1 is 1.07 bits per heavy atom. The van der Waals surface area contributed by atoms with E-state index in [0.29, 0.717) is 18.6 Å². The molecule has 2 rings (SSSR count). The van der Waals surface area contributed by atoms with Crippen LogP contribution in [0.5, 0.6) is 0 Å². The minimum atomic E-state index is 0.391. The molecule has 2 aliphatic rings. The van der Waals surface area contributed by atoms with E-state index in [2.05, 4.69) is 5.32 Å². The van der Waals surface area contributed by atoms with Crippen molar-refractivity contribution in [3.63, 3.8) is 0 Å². The third kappa shape index (κ3) is 2.29. The summed E-state index contributed by atoms with van der Waals surface area (Å²) in [4.78, 5) is 0. The largest absolute Gasteiger partial charge is 0.396 e. The van der Waals surface area contributed by atoms with Crippen molar-refractivity contribution < 1.29 is 5.11 Å². The van der Waals surface area contributed by atoms with Gasteiger partial charge in [-0.3, -0.25) is 0 Å². The molecule has 1 aliphatic carbocycles. The van der Waals surface area contributed by atoms with Gasteiger partial charge >= 0.3 is 0 Å². The average molecular weight is 197 g/mol. The van der Waals surface area contributed by atoms with Crippen LogP contribution in [0.25, 0.3) is 0 Å². The van der Waals surface area contributed by atoms with Crippen LogP contribution >= 0.6 is 0 Å². The van der Waals surface area contributed by atoms with E-state index in [0.717, 1.165) is 12.5 Å². The Balaban J connectivity index is 1.89. The van der Waals surface area contributed by atoms with Gasteiger partial charge < -0.3 is 10.4 Å². The summed E-state index contributed by atoms with van der Waals surface area (Å²) in [7, 11) is 0. The molecule has 0 aromatic carbocycles. The van der Waals surface area contributed by atoms with Crippen molar-refractivity contribution in [3.8, 4) is 0 Å². The molecule has 2 atom stereocenters. The molecular formula is C12H23NO. The van der Waals surface area contributed by atoms with E-state index in [1.165, 1.54) is 44.9 Å². The zero-order chi connectivity index (χ0) is 9.80. The van der Waals surface area contributed by atoms with Gasteiger partial charge in [0.25, 0.3) is 0 Å². The summed E-state index contributed by atoms with van der Waals surface area (Å²) >= 11 is 0. The predicted molar refractivity (Wildman–Crippen MR) is 58.2 cm³/mol. The van der Waals surface area contributed by atoms with Crippen molar-refractivity contribution in [2.75, 3.05) is 13.2 Å². The minimum absolute atomic E-state index is 0.391. The molecule has 0 spiro atoms. The van der Waals surface area contributed by atoms with Crippen LogP contribution in [-0.2, 0) is 0 Å². The summed E-state index contributed by atoms with van der Waals surface area (Å²) in [5.41, 5.74) is 0. The van der Waals surface area contributed by atoms with Crippen LogP contribution in [0.1, 0.15) is 44.9 Å². The summed E-state index contributed by atoms with van der Waals surface area (Å²) in [5.74, 6) is 1.34. The topological polar surface area (TPSA) is 32.3 Å². The molecule has 0 bridgehead atoms. The fourth-order valence-corrected chi connectivity index (χ4v) is 3.24. The maximum atomic E-state index is 9.50. The molecular weight excluding hydrogens is 174 g/mol. The lowest BCUT2D eigenvalue weighted by Gasteiger charge is -2.33. The predicted octanol–water partition coefficient (Wildman–Crippen LogP) is 1.93. The molecule has 1 saturated heterocycles. The average Bonchev–Trinajstić information content (AvgIpc) is 2.74. The van der Waals surface area contributed by atoms with Gasteiger partial charge in [-0.15, -0.1) is 0 Å². The first-order valence-corrected chi connectivity index (χ1v) is 6.26. The van der Waals surface area contributed by atoms with Gasteiger partial charge in [-0.25, -0.2) is 0 Å². The first-order chi connectivity index (χ1) is 6.92. The maximum Gasteiger partial charge on any atom is 0.0476 e. The Kier molecular flexibility index (Phi) is 3.82. The molecule has 14 heavy (non-hydrogen) atoms. The van der Waals surface area contributed by atoms with E-state index >= 15 is 0 Å². The van der Waals surface area contributed by atoms with Crippen LogP contribution in [0.4, 0.5) is 0 Å². The fourth-order valence-electron chi connectivity index (χ4n) is 3.24. The van der Waals surface area contributed by atoms with E-state index in [4.69, 9.17) is 0 Å². The summed E-state index contributed by atoms with van der Waals surface area (Å²) in [6.45, 7) is 1.55. The van der Waals surface area contributed by atoms with E-state index < -0.39 is 0 Å². The molecule has 1 heterocycles. The third-order valence-corrected chi connectivity index (χ3v) is 4.08. The fraction of sp³-hybridized carbons (Fsp3) is 1.00. The summed E-state index contributed by atoms with van der Waals surface area (Å²) < 4.78 is 0. The SMILES string of the molecule is OCC(C1CCCCC1)C1CCCN1. The molecule has 0 radical (unpaired) electrons. The standard InChI is InChI=1S/C12H23NO/c14-9-11(12-7-4-8-13-12)10-5-2-1-3-6-10/h10-14H,1-9H2. The minimum Gasteiger partial charge on any atom is -0.396 e. The Morgan fingerprint density at radius 3 is 2.43 bits per heavy atom. The normalized spacial score (nSPS) is 31.9. The van der Waals surface area contributed by atoms with E-state index in [9.17, 15) is 5.11 Å². The van der Waals surface area contributed by atoms with Crippen LogP contribution < -0.4 is 5.32 Å². The molecule has 0 aromatic heterocycles. The highest BCUT2D eigenvalue weighted by atomic mass is 16.3. The van der Waals surface area contributed by atoms with Gasteiger partial charge in [0.15, 0.2) is 0 Å². The Bertz CT molecular complexity index is 160. The number of nitrogens with one attached hydrogen (secondary N) is 1. The van der Waals surface area contributed by atoms with Gasteiger partial charge in [-0.1, -0.05) is 32.1 Å². The molecule has 1 aliphatic heterocycles. The Morgan fingerprint density at radius 2 is 1.86 bits per heavy atom. The zero-order valence-corrected chi connectivity index (χ0v) is 9.04. The van der Waals surface area contributed by atoms with Gasteiger partial charge in [0.1, 0.15) is 0 Å². The molecule has 1 saturated carbocycles. The number of rotatable bonds is 3. The molecule has 2 N–H and O–H groups in total. The highest BCUT2D eigenvalue weighted by molar-refractivity contribution is 4.86. The van der Waals surface area contributed by atoms with Crippen LogP contribution in [0.2, 0.25) is 0 Å². The second-order valence-electron chi connectivity index (χ2n) is 4.95. The van der Waals surface area contributed by atoms with Crippen molar-refractivity contribution in [1.82, 2.24) is 5.32 Å². The Labute approximate surface area is 87.1 Å². The molecule has 0 aromatic rings. The molecule has 2 fully saturated rings. The highest BCUT2D eigenvalue weighted by Crippen LogP contribution is 2.33. The van der Waals surface area contributed by atoms with Gasteiger partial charge in [-0.2, -0.15) is 0 Å². The van der Waals surface area contributed by atoms with Gasteiger partial charge in [0, 0.05) is 18.6 Å². The van der Waals surface area contributed by atoms with Crippen molar-refractivity contribution in [2.45, 2.75) is 51.0 Å². The van der Waals surface area contributed by atoms with Gasteiger partial charge in [0.2, 0.25) is 0 Å². The molecule has 82 valence electrons. The molecule has 2 unspecified atom stereocenters. The number of hydrogen-bond donors (Lipinski definition) is 2.